The number of hydrogen-bond donors (Lipinski definition) is 5. The molecular formula is C51H65N9O6. The van der Waals surface area contributed by atoms with Gasteiger partial charge in [-0.3, -0.25) is 14.5 Å². The number of alkyl carbamates (subject to hydrolysis) is 1. The van der Waals surface area contributed by atoms with Gasteiger partial charge in [0.1, 0.15) is 23.7 Å². The van der Waals surface area contributed by atoms with Crippen molar-refractivity contribution in [3.8, 4) is 0 Å². The topological polar surface area (TPSA) is 189 Å². The van der Waals surface area contributed by atoms with Crippen molar-refractivity contribution in [3.05, 3.63) is 95.1 Å². The number of H-pyrrole nitrogens is 2. The summed E-state index contributed by atoms with van der Waals surface area (Å²) in [5.74, 6) is 1.41. The Morgan fingerprint density at radius 1 is 0.636 bits per heavy atom. The molecule has 3 aliphatic heterocycles. The van der Waals surface area contributed by atoms with Crippen LogP contribution in [0.25, 0.3) is 22.1 Å². The molecule has 2 aromatic heterocycles. The molecule has 350 valence electrons. The van der Waals surface area contributed by atoms with E-state index in [4.69, 9.17) is 14.7 Å². The van der Waals surface area contributed by atoms with Crippen molar-refractivity contribution in [2.24, 2.45) is 11.8 Å². The van der Waals surface area contributed by atoms with Crippen LogP contribution in [0.15, 0.2) is 66.7 Å². The van der Waals surface area contributed by atoms with Crippen LogP contribution in [0.5, 0.6) is 0 Å². The van der Waals surface area contributed by atoms with E-state index in [2.05, 4.69) is 92.2 Å². The first kappa shape index (κ1) is 45.2. The standard InChI is InChI=1S/C51H65N9O6/c1-29(2)44(56-50(63)64)48(61)58-25-9-13-42(58)46-52-36-21-17-33(27-38(36)54-46)40-23-24-41(60(40)35-19-15-32(16-20-35)31-11-7-6-8-12-31)34-18-22-37-39(28-34)55-47(53-37)43-14-10-26-59(43)49(62)45(30(3)4)57-51(65)66-5/h6-8,11-12,17-18,21-22,27-30,32,35,40-45,56H,9-10,13-16,19-20,23-26H2,1-5H3,(H,52,54)(H,53,55)(H,57,65)(H,63,64)/t32?,35?,40-,41-,42+,43+,44+,45+/m1/s1. The van der Waals surface area contributed by atoms with Crippen LogP contribution in [-0.2, 0) is 14.3 Å². The fraction of sp³-hybridized carbons (Fsp3) is 0.529. The van der Waals surface area contributed by atoms with Crippen molar-refractivity contribution >= 4 is 46.1 Å². The number of nitrogens with one attached hydrogen (secondary N) is 4. The largest absolute Gasteiger partial charge is 0.465 e. The first-order valence-corrected chi connectivity index (χ1v) is 24.1. The maximum absolute atomic E-state index is 13.9. The molecule has 0 bridgehead atoms. The molecule has 5 aromatic rings. The van der Waals surface area contributed by atoms with Crippen molar-refractivity contribution in [3.63, 3.8) is 0 Å². The second kappa shape index (κ2) is 19.1. The van der Waals surface area contributed by atoms with Crippen LogP contribution < -0.4 is 10.6 Å². The Kier molecular flexibility index (Phi) is 13.1. The van der Waals surface area contributed by atoms with Gasteiger partial charge in [0.2, 0.25) is 11.8 Å². The molecule has 4 amide bonds. The minimum atomic E-state index is -1.20. The normalized spacial score (nSPS) is 24.7. The van der Waals surface area contributed by atoms with Gasteiger partial charge in [-0.05, 0) is 123 Å². The lowest BCUT2D eigenvalue weighted by atomic mass is 9.80. The van der Waals surface area contributed by atoms with Gasteiger partial charge in [0, 0.05) is 31.2 Å². The Morgan fingerprint density at radius 3 is 1.61 bits per heavy atom. The van der Waals surface area contributed by atoms with Crippen molar-refractivity contribution in [1.82, 2.24) is 45.3 Å². The van der Waals surface area contributed by atoms with Crippen LogP contribution in [-0.4, -0.2) is 102 Å². The summed E-state index contributed by atoms with van der Waals surface area (Å²) in [5, 5.41) is 14.7. The molecule has 5 N–H and O–H groups in total. The van der Waals surface area contributed by atoms with E-state index >= 15 is 0 Å². The zero-order valence-electron chi connectivity index (χ0n) is 38.8. The van der Waals surface area contributed by atoms with Gasteiger partial charge in [-0.2, -0.15) is 0 Å². The molecular weight excluding hydrogens is 835 g/mol. The van der Waals surface area contributed by atoms with Crippen molar-refractivity contribution in [2.75, 3.05) is 20.2 Å². The third-order valence-corrected chi connectivity index (χ3v) is 14.9. The maximum atomic E-state index is 13.9. The monoisotopic (exact) mass is 900 g/mol. The van der Waals surface area contributed by atoms with E-state index in [0.717, 1.165) is 97.9 Å². The molecule has 5 heterocycles. The third kappa shape index (κ3) is 8.98. The molecule has 9 rings (SSSR count). The van der Waals surface area contributed by atoms with E-state index in [1.807, 2.05) is 32.6 Å². The summed E-state index contributed by atoms with van der Waals surface area (Å²) in [6, 6.07) is 22.9. The smallest absolute Gasteiger partial charge is 0.407 e. The number of ether oxygens (including phenoxy) is 1. The Morgan fingerprint density at radius 2 is 1.14 bits per heavy atom. The molecule has 66 heavy (non-hydrogen) atoms. The predicted molar refractivity (Wildman–Crippen MR) is 252 cm³/mol. The molecule has 4 aliphatic rings. The van der Waals surface area contributed by atoms with Crippen LogP contribution in [0, 0.1) is 11.8 Å². The second-order valence-corrected chi connectivity index (χ2v) is 19.7. The van der Waals surface area contributed by atoms with Crippen molar-refractivity contribution in [1.29, 1.82) is 0 Å². The quantitative estimate of drug-likeness (QED) is 0.0814. The molecule has 0 spiro atoms. The van der Waals surface area contributed by atoms with Crippen LogP contribution in [0.3, 0.4) is 0 Å². The highest BCUT2D eigenvalue weighted by molar-refractivity contribution is 5.87. The molecule has 15 nitrogen and oxygen atoms in total. The first-order chi connectivity index (χ1) is 31.9. The van der Waals surface area contributed by atoms with E-state index in [1.165, 1.54) is 23.8 Å². The summed E-state index contributed by atoms with van der Waals surface area (Å²) in [7, 11) is 1.31. The Hall–Kier alpha value is -5.96. The van der Waals surface area contributed by atoms with E-state index in [1.54, 1.807) is 4.90 Å². The van der Waals surface area contributed by atoms with Gasteiger partial charge in [-0.25, -0.2) is 19.6 Å². The van der Waals surface area contributed by atoms with E-state index < -0.39 is 24.3 Å². The number of carbonyl (C=O) groups excluding carboxylic acids is 3. The SMILES string of the molecule is COC(=O)N[C@H](C(=O)N1CCC[C@H]1c1nc2ccc([C@H]3CC[C@H](c4ccc5nc([C@@H]6CCCN6C(=O)[C@@H](NC(=O)O)C(C)C)[nH]c5c4)N3C3CCC(c4ccccc4)CC3)cc2[nH]1)C(C)C. The number of aromatic amines is 2. The van der Waals surface area contributed by atoms with Gasteiger partial charge in [0.15, 0.2) is 0 Å². The molecule has 1 saturated carbocycles. The van der Waals surface area contributed by atoms with Crippen molar-refractivity contribution < 1.29 is 29.0 Å². The van der Waals surface area contributed by atoms with E-state index in [-0.39, 0.29) is 47.8 Å². The molecule has 15 heteroatoms. The van der Waals surface area contributed by atoms with Gasteiger partial charge in [0.25, 0.3) is 0 Å². The average molecular weight is 900 g/mol. The summed E-state index contributed by atoms with van der Waals surface area (Å²) >= 11 is 0. The number of aromatic nitrogens is 4. The number of nitrogens with zero attached hydrogens (tertiary/aromatic N) is 5. The summed E-state index contributed by atoms with van der Waals surface area (Å²) in [4.78, 5) is 75.2. The number of rotatable bonds is 12. The van der Waals surface area contributed by atoms with Gasteiger partial charge < -0.3 is 40.2 Å². The van der Waals surface area contributed by atoms with Crippen LogP contribution >= 0.6 is 0 Å². The predicted octanol–water partition coefficient (Wildman–Crippen LogP) is 9.04. The minimum absolute atomic E-state index is 0.115. The van der Waals surface area contributed by atoms with Gasteiger partial charge in [-0.1, -0.05) is 70.2 Å². The lowest BCUT2D eigenvalue weighted by Gasteiger charge is -2.41. The minimum Gasteiger partial charge on any atom is -0.465 e. The number of amides is 4. The number of carbonyl (C=O) groups is 4. The number of likely N-dealkylation sites (tertiary alicyclic amines) is 3. The van der Waals surface area contributed by atoms with Crippen LogP contribution in [0.4, 0.5) is 9.59 Å². The van der Waals surface area contributed by atoms with Crippen LogP contribution in [0.2, 0.25) is 0 Å². The number of benzene rings is 3. The number of carboxylic acid groups (broad SMARTS) is 1. The first-order valence-electron chi connectivity index (χ1n) is 24.1. The summed E-state index contributed by atoms with van der Waals surface area (Å²) < 4.78 is 4.84. The average Bonchev–Trinajstić information content (AvgIpc) is 4.18. The Labute approximate surface area is 386 Å². The number of methoxy groups -OCH3 is 1. The Bertz CT molecular complexity index is 2550. The highest BCUT2D eigenvalue weighted by Gasteiger charge is 2.43. The molecule has 0 radical (unpaired) electrons. The van der Waals surface area contributed by atoms with Crippen molar-refractivity contribution in [2.45, 2.75) is 140 Å². The lowest BCUT2D eigenvalue weighted by Crippen LogP contribution is -2.51. The fourth-order valence-electron chi connectivity index (χ4n) is 11.6. The highest BCUT2D eigenvalue weighted by atomic mass is 16.5. The zero-order chi connectivity index (χ0) is 46.2. The van der Waals surface area contributed by atoms with E-state index in [0.29, 0.717) is 25.0 Å². The molecule has 0 unspecified atom stereocenters. The molecule has 6 atom stereocenters. The molecule has 4 fully saturated rings. The number of hydrogen-bond acceptors (Lipinski definition) is 8. The summed E-state index contributed by atoms with van der Waals surface area (Å²) in [5.41, 5.74) is 7.53. The molecule has 1 aliphatic carbocycles. The summed E-state index contributed by atoms with van der Waals surface area (Å²) in [6.07, 6.45) is 7.86. The Balaban J connectivity index is 0.992. The molecule has 3 saturated heterocycles. The highest BCUT2D eigenvalue weighted by Crippen LogP contribution is 2.50. The number of fused-ring (bicyclic) bond motifs is 2. The maximum Gasteiger partial charge on any atom is 0.407 e. The summed E-state index contributed by atoms with van der Waals surface area (Å²) in [6.45, 7) is 8.72. The third-order valence-electron chi connectivity index (χ3n) is 14.9. The van der Waals surface area contributed by atoms with Gasteiger partial charge in [-0.15, -0.1) is 0 Å². The van der Waals surface area contributed by atoms with Gasteiger partial charge in [0.05, 0.1) is 41.3 Å². The van der Waals surface area contributed by atoms with Gasteiger partial charge >= 0.3 is 12.2 Å². The van der Waals surface area contributed by atoms with Crippen LogP contribution in [0.1, 0.15) is 150 Å². The second-order valence-electron chi connectivity index (χ2n) is 19.7. The number of imidazole rings is 2. The molecule has 3 aromatic carbocycles. The van der Waals surface area contributed by atoms with E-state index in [9.17, 15) is 24.3 Å². The fourth-order valence-corrected chi connectivity index (χ4v) is 11.6. The zero-order valence-corrected chi connectivity index (χ0v) is 38.8. The lowest BCUT2D eigenvalue weighted by molar-refractivity contribution is -0.136.